The van der Waals surface area contributed by atoms with E-state index in [9.17, 15) is 0 Å². The van der Waals surface area contributed by atoms with Gasteiger partial charge in [-0.15, -0.1) is 0 Å². The Labute approximate surface area is 108 Å². The molecular weight excluding hydrogens is 234 g/mol. The molecule has 0 unspecified atom stereocenters. The van der Waals surface area contributed by atoms with Crippen LogP contribution in [0.5, 0.6) is 0 Å². The number of thioether (sulfide) groups is 1. The molecule has 3 aliphatic heterocycles. The van der Waals surface area contributed by atoms with Gasteiger partial charge in [0.25, 0.3) is 0 Å². The highest BCUT2D eigenvalue weighted by Gasteiger charge is 2.54. The van der Waals surface area contributed by atoms with Crippen LogP contribution in [0.4, 0.5) is 0 Å². The molecule has 1 N–H and O–H groups in total. The van der Waals surface area contributed by atoms with Gasteiger partial charge in [0.2, 0.25) is 0 Å². The average Bonchev–Trinajstić information content (AvgIpc) is 2.63. The maximum atomic E-state index is 5.98. The van der Waals surface area contributed by atoms with Crippen molar-refractivity contribution in [3.63, 3.8) is 0 Å². The summed E-state index contributed by atoms with van der Waals surface area (Å²) in [7, 11) is 0. The van der Waals surface area contributed by atoms with Crippen LogP contribution in [-0.4, -0.2) is 41.6 Å². The van der Waals surface area contributed by atoms with Crippen LogP contribution in [0.15, 0.2) is 0 Å². The van der Waals surface area contributed by atoms with E-state index in [4.69, 9.17) is 9.47 Å². The van der Waals surface area contributed by atoms with Gasteiger partial charge >= 0.3 is 0 Å². The van der Waals surface area contributed by atoms with Crippen LogP contribution in [0.2, 0.25) is 0 Å². The molecule has 3 aliphatic rings. The molecule has 3 fully saturated rings. The number of hydrogen-bond acceptors (Lipinski definition) is 4. The fourth-order valence-corrected chi connectivity index (χ4v) is 5.10. The molecule has 3 saturated heterocycles. The minimum atomic E-state index is -0.295. The zero-order valence-corrected chi connectivity index (χ0v) is 11.7. The minimum absolute atomic E-state index is 0.116. The Morgan fingerprint density at radius 3 is 2.29 bits per heavy atom. The van der Waals surface area contributed by atoms with Crippen molar-refractivity contribution >= 4 is 11.8 Å². The molecule has 0 aliphatic carbocycles. The Morgan fingerprint density at radius 2 is 1.65 bits per heavy atom. The van der Waals surface area contributed by atoms with Crippen molar-refractivity contribution in [2.45, 2.75) is 56.4 Å². The number of piperidine rings is 1. The molecule has 3 heterocycles. The third-order valence-electron chi connectivity index (χ3n) is 4.19. The lowest BCUT2D eigenvalue weighted by molar-refractivity contribution is -0.209. The molecule has 0 aromatic carbocycles. The molecule has 0 aromatic heterocycles. The highest BCUT2D eigenvalue weighted by molar-refractivity contribution is 7.99. The third-order valence-corrected chi connectivity index (χ3v) is 5.17. The molecule has 0 atom stereocenters. The Morgan fingerprint density at radius 1 is 1.00 bits per heavy atom. The van der Waals surface area contributed by atoms with Crippen LogP contribution < -0.4 is 5.32 Å². The summed E-state index contributed by atoms with van der Waals surface area (Å²) in [5.41, 5.74) is 0.363. The molecule has 3 nitrogen and oxygen atoms in total. The molecule has 17 heavy (non-hydrogen) atoms. The Kier molecular flexibility index (Phi) is 2.97. The monoisotopic (exact) mass is 257 g/mol. The fraction of sp³-hybridized carbons (Fsp3) is 1.00. The van der Waals surface area contributed by atoms with Crippen molar-refractivity contribution in [2.24, 2.45) is 0 Å². The summed E-state index contributed by atoms with van der Waals surface area (Å²) in [5.74, 6) is 2.23. The maximum Gasteiger partial charge on any atom is 0.171 e. The van der Waals surface area contributed by atoms with Crippen LogP contribution >= 0.6 is 11.8 Å². The first-order chi connectivity index (χ1) is 8.04. The molecule has 0 amide bonds. The normalized spacial score (nSPS) is 34.2. The van der Waals surface area contributed by atoms with Gasteiger partial charge in [0, 0.05) is 23.9 Å². The number of ether oxygens (including phenoxy) is 2. The molecule has 0 bridgehead atoms. The largest absolute Gasteiger partial charge is 0.347 e. The summed E-state index contributed by atoms with van der Waals surface area (Å²) in [6, 6.07) is 0. The maximum absolute atomic E-state index is 5.98. The standard InChI is InChI=1S/C13H23NO2S/c1-11(2)9-13(15-5-6-16-13)10-12(14-11)3-7-17-8-4-12/h14H,3-10H2,1-2H3. The molecule has 4 heteroatoms. The third kappa shape index (κ3) is 2.37. The van der Waals surface area contributed by atoms with E-state index in [0.29, 0.717) is 0 Å². The second-order valence-corrected chi connectivity index (χ2v) is 7.59. The summed E-state index contributed by atoms with van der Waals surface area (Å²) >= 11 is 2.07. The first kappa shape index (κ1) is 12.3. The van der Waals surface area contributed by atoms with Gasteiger partial charge in [-0.05, 0) is 38.2 Å². The highest BCUT2D eigenvalue weighted by atomic mass is 32.2. The van der Waals surface area contributed by atoms with Crippen molar-refractivity contribution < 1.29 is 9.47 Å². The first-order valence-electron chi connectivity index (χ1n) is 6.68. The average molecular weight is 257 g/mol. The van der Waals surface area contributed by atoms with Gasteiger partial charge < -0.3 is 14.8 Å². The van der Waals surface area contributed by atoms with Crippen molar-refractivity contribution in [1.82, 2.24) is 5.32 Å². The van der Waals surface area contributed by atoms with E-state index in [1.54, 1.807) is 0 Å². The van der Waals surface area contributed by atoms with E-state index in [1.807, 2.05) is 0 Å². The van der Waals surface area contributed by atoms with Crippen molar-refractivity contribution in [1.29, 1.82) is 0 Å². The summed E-state index contributed by atoms with van der Waals surface area (Å²) in [6.45, 7) is 6.09. The molecule has 2 spiro atoms. The molecule has 98 valence electrons. The van der Waals surface area contributed by atoms with Crippen LogP contribution in [0.25, 0.3) is 0 Å². The molecular formula is C13H23NO2S. The predicted molar refractivity (Wildman–Crippen MR) is 70.4 cm³/mol. The van der Waals surface area contributed by atoms with Gasteiger partial charge in [-0.3, -0.25) is 0 Å². The van der Waals surface area contributed by atoms with E-state index >= 15 is 0 Å². The summed E-state index contributed by atoms with van der Waals surface area (Å²) < 4.78 is 12.0. The SMILES string of the molecule is CC1(C)CC2(CC3(CCSCC3)N1)OCCO2. The lowest BCUT2D eigenvalue weighted by atomic mass is 9.74. The van der Waals surface area contributed by atoms with Crippen LogP contribution in [0, 0.1) is 0 Å². The van der Waals surface area contributed by atoms with E-state index in [0.717, 1.165) is 26.1 Å². The molecule has 0 radical (unpaired) electrons. The van der Waals surface area contributed by atoms with Crippen LogP contribution in [-0.2, 0) is 9.47 Å². The molecule has 3 rings (SSSR count). The lowest BCUT2D eigenvalue weighted by Crippen LogP contribution is -2.67. The minimum Gasteiger partial charge on any atom is -0.347 e. The number of rotatable bonds is 0. The fourth-order valence-electron chi connectivity index (χ4n) is 3.82. The van der Waals surface area contributed by atoms with E-state index in [2.05, 4.69) is 30.9 Å². The van der Waals surface area contributed by atoms with Gasteiger partial charge in [0.15, 0.2) is 5.79 Å². The van der Waals surface area contributed by atoms with E-state index in [1.165, 1.54) is 24.3 Å². The quantitative estimate of drug-likeness (QED) is 0.720. The smallest absolute Gasteiger partial charge is 0.171 e. The lowest BCUT2D eigenvalue weighted by Gasteiger charge is -2.54. The number of nitrogens with one attached hydrogen (secondary N) is 1. The van der Waals surface area contributed by atoms with Gasteiger partial charge in [-0.1, -0.05) is 0 Å². The Balaban J connectivity index is 1.85. The summed E-state index contributed by atoms with van der Waals surface area (Å²) in [4.78, 5) is 0. The summed E-state index contributed by atoms with van der Waals surface area (Å²) in [6.07, 6.45) is 4.49. The Hall–Kier alpha value is 0.230. The van der Waals surface area contributed by atoms with Gasteiger partial charge in [0.1, 0.15) is 0 Å². The predicted octanol–water partition coefficient (Wildman–Crippen LogP) is 2.16. The second kappa shape index (κ2) is 4.12. The zero-order chi connectivity index (χ0) is 12.0. The van der Waals surface area contributed by atoms with Gasteiger partial charge in [-0.2, -0.15) is 11.8 Å². The molecule has 0 saturated carbocycles. The Bertz CT molecular complexity index is 294. The molecule has 0 aromatic rings. The van der Waals surface area contributed by atoms with E-state index < -0.39 is 0 Å². The zero-order valence-electron chi connectivity index (χ0n) is 10.9. The van der Waals surface area contributed by atoms with Crippen LogP contribution in [0.1, 0.15) is 39.5 Å². The summed E-state index contributed by atoms with van der Waals surface area (Å²) in [5, 5.41) is 3.89. The second-order valence-electron chi connectivity index (χ2n) is 6.36. The van der Waals surface area contributed by atoms with Crippen molar-refractivity contribution in [2.75, 3.05) is 24.7 Å². The van der Waals surface area contributed by atoms with Gasteiger partial charge in [0.05, 0.1) is 13.2 Å². The van der Waals surface area contributed by atoms with Crippen molar-refractivity contribution in [3.05, 3.63) is 0 Å². The number of hydrogen-bond donors (Lipinski definition) is 1. The van der Waals surface area contributed by atoms with Crippen LogP contribution in [0.3, 0.4) is 0 Å². The van der Waals surface area contributed by atoms with Crippen molar-refractivity contribution in [3.8, 4) is 0 Å². The van der Waals surface area contributed by atoms with E-state index in [-0.39, 0.29) is 16.9 Å². The first-order valence-corrected chi connectivity index (χ1v) is 7.84. The topological polar surface area (TPSA) is 30.5 Å². The van der Waals surface area contributed by atoms with Gasteiger partial charge in [-0.25, -0.2) is 0 Å². The highest BCUT2D eigenvalue weighted by Crippen LogP contribution is 2.46.